The molecule has 1 saturated heterocycles. The van der Waals surface area contributed by atoms with E-state index in [1.54, 1.807) is 6.20 Å². The topological polar surface area (TPSA) is 62.5 Å². The van der Waals surface area contributed by atoms with Crippen LogP contribution in [-0.2, 0) is 6.54 Å². The quantitative estimate of drug-likeness (QED) is 0.525. The van der Waals surface area contributed by atoms with Gasteiger partial charge in [-0.25, -0.2) is 0 Å². The minimum atomic E-state index is -0.945. The highest BCUT2D eigenvalue weighted by Crippen LogP contribution is 2.27. The van der Waals surface area contributed by atoms with Gasteiger partial charge in [0.2, 0.25) is 0 Å². The molecular formula is C28H32N2O3. The van der Waals surface area contributed by atoms with Gasteiger partial charge >= 0.3 is 0 Å². The van der Waals surface area contributed by atoms with Gasteiger partial charge in [-0.1, -0.05) is 67.6 Å². The van der Waals surface area contributed by atoms with Crippen molar-refractivity contribution in [1.29, 1.82) is 0 Å². The van der Waals surface area contributed by atoms with Crippen molar-refractivity contribution in [1.82, 2.24) is 9.47 Å². The fraction of sp³-hybridized carbons (Fsp3) is 0.357. The Morgan fingerprint density at radius 1 is 1.03 bits per heavy atom. The number of aldehydes is 1. The first-order chi connectivity index (χ1) is 16.0. The molecule has 0 amide bonds. The van der Waals surface area contributed by atoms with Gasteiger partial charge in [-0.05, 0) is 48.4 Å². The van der Waals surface area contributed by atoms with Crippen molar-refractivity contribution in [2.45, 2.75) is 44.2 Å². The maximum absolute atomic E-state index is 12.8. The van der Waals surface area contributed by atoms with Gasteiger partial charge in [0.15, 0.2) is 6.29 Å². The molecule has 3 aromatic rings. The number of pyridine rings is 1. The van der Waals surface area contributed by atoms with Crippen molar-refractivity contribution in [3.8, 4) is 11.1 Å². The van der Waals surface area contributed by atoms with Gasteiger partial charge in [-0.2, -0.15) is 0 Å². The van der Waals surface area contributed by atoms with Crippen LogP contribution in [0.15, 0.2) is 77.7 Å². The summed E-state index contributed by atoms with van der Waals surface area (Å²) in [7, 11) is 0. The van der Waals surface area contributed by atoms with Gasteiger partial charge in [0.1, 0.15) is 0 Å². The molecule has 5 heteroatoms. The molecule has 33 heavy (non-hydrogen) atoms. The number of rotatable bonds is 8. The first-order valence-electron chi connectivity index (χ1n) is 11.7. The molecule has 0 spiro atoms. The number of carbonyl (C=O) groups is 1. The molecular weight excluding hydrogens is 412 g/mol. The van der Waals surface area contributed by atoms with E-state index in [2.05, 4.69) is 36.1 Å². The summed E-state index contributed by atoms with van der Waals surface area (Å²) in [5, 5.41) is 11.2. The number of aromatic nitrogens is 1. The summed E-state index contributed by atoms with van der Waals surface area (Å²) >= 11 is 0. The minimum Gasteiger partial charge on any atom is -0.388 e. The van der Waals surface area contributed by atoms with Crippen LogP contribution in [0.5, 0.6) is 0 Å². The van der Waals surface area contributed by atoms with Gasteiger partial charge in [0.25, 0.3) is 5.56 Å². The zero-order chi connectivity index (χ0) is 23.3. The number of hydrogen-bond donors (Lipinski definition) is 1. The summed E-state index contributed by atoms with van der Waals surface area (Å²) in [6, 6.07) is 21.5. The van der Waals surface area contributed by atoms with Crippen LogP contribution < -0.4 is 5.56 Å². The number of hydrogen-bond acceptors (Lipinski definition) is 4. The van der Waals surface area contributed by atoms with Crippen molar-refractivity contribution in [3.05, 3.63) is 94.4 Å². The highest BCUT2D eigenvalue weighted by atomic mass is 16.3. The van der Waals surface area contributed by atoms with Crippen LogP contribution in [0.3, 0.4) is 0 Å². The monoisotopic (exact) mass is 444 g/mol. The van der Waals surface area contributed by atoms with Gasteiger partial charge in [0, 0.05) is 30.9 Å². The van der Waals surface area contributed by atoms with Crippen molar-refractivity contribution in [2.75, 3.05) is 19.6 Å². The van der Waals surface area contributed by atoms with Crippen LogP contribution in [0.1, 0.15) is 48.0 Å². The predicted molar refractivity (Wildman–Crippen MR) is 132 cm³/mol. The second-order valence-electron chi connectivity index (χ2n) is 9.26. The molecule has 4 rings (SSSR count). The maximum Gasteiger partial charge on any atom is 0.251 e. The fourth-order valence-electron chi connectivity index (χ4n) is 4.67. The number of aliphatic hydroxyl groups is 1. The lowest BCUT2D eigenvalue weighted by Gasteiger charge is -2.38. The first kappa shape index (κ1) is 23.1. The molecule has 172 valence electrons. The second kappa shape index (κ2) is 10.3. The summed E-state index contributed by atoms with van der Waals surface area (Å²) in [5.41, 5.74) is 2.13. The van der Waals surface area contributed by atoms with E-state index in [4.69, 9.17) is 0 Å². The number of carbonyl (C=O) groups excluding carboxylic acids is 1. The van der Waals surface area contributed by atoms with Crippen molar-refractivity contribution in [2.24, 2.45) is 0 Å². The third kappa shape index (κ3) is 5.67. The molecule has 0 radical (unpaired) electrons. The Bertz CT molecular complexity index is 1120. The Balaban J connectivity index is 1.38. The van der Waals surface area contributed by atoms with Crippen LogP contribution in [0.2, 0.25) is 0 Å². The third-order valence-electron chi connectivity index (χ3n) is 6.87. The number of piperidine rings is 1. The molecule has 2 aromatic carbocycles. The lowest BCUT2D eigenvalue weighted by Crippen LogP contribution is -2.48. The molecule has 1 aliphatic heterocycles. The van der Waals surface area contributed by atoms with Gasteiger partial charge in [0.05, 0.1) is 12.1 Å². The van der Waals surface area contributed by atoms with Crippen molar-refractivity contribution in [3.63, 3.8) is 0 Å². The Hall–Kier alpha value is -3.02. The molecule has 1 aliphatic rings. The van der Waals surface area contributed by atoms with Crippen LogP contribution >= 0.6 is 0 Å². The first-order valence-corrected chi connectivity index (χ1v) is 11.7. The molecule has 0 saturated carbocycles. The highest BCUT2D eigenvalue weighted by Gasteiger charge is 2.33. The molecule has 1 fully saturated rings. The zero-order valence-corrected chi connectivity index (χ0v) is 19.2. The van der Waals surface area contributed by atoms with E-state index in [0.29, 0.717) is 29.9 Å². The van der Waals surface area contributed by atoms with Crippen LogP contribution in [-0.4, -0.2) is 46.1 Å². The van der Waals surface area contributed by atoms with Crippen LogP contribution in [0, 0.1) is 0 Å². The fourth-order valence-corrected chi connectivity index (χ4v) is 4.67. The number of benzene rings is 2. The second-order valence-corrected chi connectivity index (χ2v) is 9.26. The van der Waals surface area contributed by atoms with Crippen molar-refractivity contribution >= 4 is 6.29 Å². The Labute approximate surface area is 195 Å². The Kier molecular flexibility index (Phi) is 7.21. The summed E-state index contributed by atoms with van der Waals surface area (Å²) in [6.45, 7) is 5.06. The van der Waals surface area contributed by atoms with E-state index in [1.807, 2.05) is 36.4 Å². The standard InChI is InChI=1S/C28H32N2O3/c1-22(23-8-4-2-5-9-23)12-15-29-16-13-28(33,14-17-29)21-30-19-25(20-31)26(18-27(30)32)24-10-6-3-7-11-24/h2-11,18-20,22,33H,12-17,21H2,1H3/t22-/m1/s1. The predicted octanol–water partition coefficient (Wildman–Crippen LogP) is 4.35. The highest BCUT2D eigenvalue weighted by molar-refractivity contribution is 5.86. The summed E-state index contributed by atoms with van der Waals surface area (Å²) in [5.74, 6) is 0.496. The van der Waals surface area contributed by atoms with E-state index in [9.17, 15) is 14.7 Å². The van der Waals surface area contributed by atoms with E-state index in [1.165, 1.54) is 16.2 Å². The molecule has 1 N–H and O–H groups in total. The van der Waals surface area contributed by atoms with Crippen LogP contribution in [0.25, 0.3) is 11.1 Å². The molecule has 0 aliphatic carbocycles. The third-order valence-corrected chi connectivity index (χ3v) is 6.87. The van der Waals surface area contributed by atoms with Crippen LogP contribution in [0.4, 0.5) is 0 Å². The lowest BCUT2D eigenvalue weighted by molar-refractivity contribution is -0.0350. The van der Waals surface area contributed by atoms with E-state index >= 15 is 0 Å². The average Bonchev–Trinajstić information content (AvgIpc) is 2.85. The van der Waals surface area contributed by atoms with Gasteiger partial charge in [-0.15, -0.1) is 0 Å². The lowest BCUT2D eigenvalue weighted by atomic mass is 9.90. The molecule has 0 unspecified atom stereocenters. The largest absolute Gasteiger partial charge is 0.388 e. The maximum atomic E-state index is 12.8. The molecule has 5 nitrogen and oxygen atoms in total. The molecule has 0 bridgehead atoms. The van der Waals surface area contributed by atoms with E-state index in [0.717, 1.165) is 37.9 Å². The molecule has 1 atom stereocenters. The zero-order valence-electron chi connectivity index (χ0n) is 19.2. The average molecular weight is 445 g/mol. The number of likely N-dealkylation sites (tertiary alicyclic amines) is 1. The normalized spacial score (nSPS) is 16.9. The Morgan fingerprint density at radius 3 is 2.30 bits per heavy atom. The summed E-state index contributed by atoms with van der Waals surface area (Å²) < 4.78 is 1.49. The number of nitrogens with zero attached hydrogens (tertiary/aromatic N) is 2. The van der Waals surface area contributed by atoms with Crippen molar-refractivity contribution < 1.29 is 9.90 Å². The smallest absolute Gasteiger partial charge is 0.251 e. The van der Waals surface area contributed by atoms with E-state index in [-0.39, 0.29) is 12.1 Å². The van der Waals surface area contributed by atoms with Gasteiger partial charge in [-0.3, -0.25) is 9.59 Å². The minimum absolute atomic E-state index is 0.202. The Morgan fingerprint density at radius 2 is 1.67 bits per heavy atom. The molecule has 2 heterocycles. The molecule has 1 aromatic heterocycles. The van der Waals surface area contributed by atoms with Gasteiger partial charge < -0.3 is 14.6 Å². The summed E-state index contributed by atoms with van der Waals surface area (Å²) in [6.07, 6.45) is 4.65. The summed E-state index contributed by atoms with van der Waals surface area (Å²) in [4.78, 5) is 26.9. The SMILES string of the molecule is C[C@H](CCN1CCC(O)(Cn2cc(C=O)c(-c3ccccc3)cc2=O)CC1)c1ccccc1. The van der Waals surface area contributed by atoms with E-state index < -0.39 is 5.60 Å².